The van der Waals surface area contributed by atoms with Gasteiger partial charge in [0.25, 0.3) is 0 Å². The van der Waals surface area contributed by atoms with Gasteiger partial charge in [0, 0.05) is 0 Å². The van der Waals surface area contributed by atoms with Gasteiger partial charge in [-0.3, -0.25) is 0 Å². The Bertz CT molecular complexity index is 102. The van der Waals surface area contributed by atoms with Crippen LogP contribution in [0.3, 0.4) is 0 Å². The predicted molar refractivity (Wildman–Crippen MR) is 71.2 cm³/mol. The summed E-state index contributed by atoms with van der Waals surface area (Å²) in [5.74, 6) is 0. The maximum absolute atomic E-state index is 2.36. The van der Waals surface area contributed by atoms with Crippen LogP contribution in [0.1, 0.15) is 41.5 Å². The molecule has 0 aromatic carbocycles. The molecule has 13 heavy (non-hydrogen) atoms. The first-order valence-electron chi connectivity index (χ1n) is 5.00. The second kappa shape index (κ2) is 6.66. The molecule has 0 aromatic rings. The van der Waals surface area contributed by atoms with Crippen LogP contribution in [0.4, 0.5) is 0 Å². The topological polar surface area (TPSA) is 0 Å². The Morgan fingerprint density at radius 2 is 0.846 bits per heavy atom. The molecule has 0 atom stereocenters. The van der Waals surface area contributed by atoms with Crippen molar-refractivity contribution < 1.29 is 0 Å². The van der Waals surface area contributed by atoms with Crippen molar-refractivity contribution in [2.75, 3.05) is 0 Å². The first-order chi connectivity index (χ1) is 5.44. The molecule has 0 saturated heterocycles. The number of rotatable bonds is 0. The van der Waals surface area contributed by atoms with Gasteiger partial charge in [0.15, 0.2) is 0 Å². The van der Waals surface area contributed by atoms with Crippen molar-refractivity contribution in [1.29, 1.82) is 0 Å². The number of hydrogen-bond acceptors (Lipinski definition) is 0. The molecule has 0 amide bonds. The fraction of sp³-hybridized carbons (Fsp3) is 1.00. The first-order valence-corrected chi connectivity index (χ1v) is 14.6. The van der Waals surface area contributed by atoms with E-state index in [1.165, 1.54) is 0 Å². The Hall–Kier alpha value is 1.23. The SMILES string of the molecule is CC(C)(C)PC(C)(C)C.[CH3][Sn]([CH3])[CH3]. The molecule has 0 rings (SSSR count). The molecular weight excluding hydrogens is 282 g/mol. The molecule has 81 valence electrons. The summed E-state index contributed by atoms with van der Waals surface area (Å²) in [5, 5.41) is 1.02. The van der Waals surface area contributed by atoms with Crippen molar-refractivity contribution in [3.8, 4) is 0 Å². The molecule has 0 heterocycles. The Morgan fingerprint density at radius 1 is 0.692 bits per heavy atom. The van der Waals surface area contributed by atoms with Crippen molar-refractivity contribution in [3.63, 3.8) is 0 Å². The molecule has 1 radical (unpaired) electrons. The average molecular weight is 310 g/mol. The van der Waals surface area contributed by atoms with Gasteiger partial charge in [-0.25, -0.2) is 0 Å². The predicted octanol–water partition coefficient (Wildman–Crippen LogP) is 4.63. The molecule has 0 bridgehead atoms. The molecule has 0 saturated carbocycles. The van der Waals surface area contributed by atoms with E-state index in [4.69, 9.17) is 0 Å². The molecule has 0 fully saturated rings. The third kappa shape index (κ3) is 31.9. The van der Waals surface area contributed by atoms with E-state index in [9.17, 15) is 0 Å². The van der Waals surface area contributed by atoms with Gasteiger partial charge >= 0.3 is 34.6 Å². The van der Waals surface area contributed by atoms with E-state index in [1.54, 1.807) is 0 Å². The third-order valence-electron chi connectivity index (χ3n) is 0.750. The van der Waals surface area contributed by atoms with Crippen LogP contribution in [0.2, 0.25) is 14.8 Å². The Kier molecular flexibility index (Phi) is 8.54. The molecule has 2 heteroatoms. The standard InChI is InChI=1S/C8H19P.3CH3.Sn/c1-7(2,3)9-8(4,5)6;;;;/h9H,1-6H3;3*1H3;. The normalized spacial score (nSPS) is 12.5. The average Bonchev–Trinajstić information content (AvgIpc) is 1.47. The van der Waals surface area contributed by atoms with Crippen molar-refractivity contribution in [2.45, 2.75) is 66.7 Å². The fourth-order valence-corrected chi connectivity index (χ4v) is 3.38. The summed E-state index contributed by atoms with van der Waals surface area (Å²) < 4.78 is 0. The molecule has 0 spiro atoms. The van der Waals surface area contributed by atoms with Crippen molar-refractivity contribution >= 4 is 28.3 Å². The van der Waals surface area contributed by atoms with E-state index >= 15 is 0 Å². The monoisotopic (exact) mass is 311 g/mol. The van der Waals surface area contributed by atoms with Crippen LogP contribution in [-0.2, 0) is 0 Å². The molecule has 0 aliphatic carbocycles. The Morgan fingerprint density at radius 3 is 0.846 bits per heavy atom. The molecule has 0 nitrogen and oxygen atoms in total. The summed E-state index contributed by atoms with van der Waals surface area (Å²) in [7, 11) is 1.05. The zero-order valence-electron chi connectivity index (χ0n) is 11.0. The summed E-state index contributed by atoms with van der Waals surface area (Å²) in [6, 6.07) is 0. The van der Waals surface area contributed by atoms with Gasteiger partial charge in [-0.2, -0.15) is 0 Å². The minimum atomic E-state index is -0.543. The van der Waals surface area contributed by atoms with E-state index in [0.29, 0.717) is 10.3 Å². The minimum absolute atomic E-state index is 0.512. The van der Waals surface area contributed by atoms with Gasteiger partial charge < -0.3 is 0 Å². The van der Waals surface area contributed by atoms with Crippen LogP contribution in [0.25, 0.3) is 0 Å². The second-order valence-electron chi connectivity index (χ2n) is 6.12. The Balaban J connectivity index is 0. The van der Waals surface area contributed by atoms with Gasteiger partial charge in [-0.05, 0) is 10.3 Å². The van der Waals surface area contributed by atoms with Gasteiger partial charge in [-0.1, -0.05) is 41.5 Å². The summed E-state index contributed by atoms with van der Waals surface area (Å²) in [6.45, 7) is 13.8. The van der Waals surface area contributed by atoms with E-state index in [1.807, 2.05) is 0 Å². The Labute approximate surface area is 94.8 Å². The second-order valence-corrected chi connectivity index (χ2v) is 17.9. The maximum atomic E-state index is 2.36. The van der Waals surface area contributed by atoms with Crippen LogP contribution >= 0.6 is 8.58 Å². The van der Waals surface area contributed by atoms with Crippen LogP contribution in [0, 0.1) is 0 Å². The van der Waals surface area contributed by atoms with Crippen LogP contribution in [0.15, 0.2) is 0 Å². The fourth-order valence-electron chi connectivity index (χ4n) is 1.12. The van der Waals surface area contributed by atoms with Crippen LogP contribution < -0.4 is 0 Å². The van der Waals surface area contributed by atoms with Crippen LogP contribution in [-0.4, -0.2) is 30.1 Å². The van der Waals surface area contributed by atoms with Gasteiger partial charge in [-0.15, -0.1) is 8.58 Å². The third-order valence-corrected chi connectivity index (χ3v) is 2.25. The molecular formula is C11H28PSn. The zero-order valence-corrected chi connectivity index (χ0v) is 14.9. The number of hydrogen-bond donors (Lipinski definition) is 0. The van der Waals surface area contributed by atoms with Crippen molar-refractivity contribution in [2.24, 2.45) is 0 Å². The van der Waals surface area contributed by atoms with Crippen LogP contribution in [0.5, 0.6) is 0 Å². The molecule has 0 aromatic heterocycles. The summed E-state index contributed by atoms with van der Waals surface area (Å²) >= 11 is -0.543. The summed E-state index contributed by atoms with van der Waals surface area (Å²) in [4.78, 5) is 7.09. The first kappa shape index (κ1) is 16.7. The molecule has 0 aliphatic heterocycles. The van der Waals surface area contributed by atoms with Crippen molar-refractivity contribution in [3.05, 3.63) is 0 Å². The summed E-state index contributed by atoms with van der Waals surface area (Å²) in [5.41, 5.74) is 0. The molecule has 0 N–H and O–H groups in total. The zero-order chi connectivity index (χ0) is 11.3. The van der Waals surface area contributed by atoms with E-state index in [2.05, 4.69) is 56.4 Å². The van der Waals surface area contributed by atoms with E-state index < -0.39 is 19.8 Å². The van der Waals surface area contributed by atoms with E-state index in [0.717, 1.165) is 8.58 Å². The van der Waals surface area contributed by atoms with Gasteiger partial charge in [0.05, 0.1) is 0 Å². The quantitative estimate of drug-likeness (QED) is 0.452. The molecule has 0 aliphatic rings. The molecule has 0 unspecified atom stereocenters. The van der Waals surface area contributed by atoms with Gasteiger partial charge in [0.1, 0.15) is 0 Å². The van der Waals surface area contributed by atoms with E-state index in [-0.39, 0.29) is 0 Å². The van der Waals surface area contributed by atoms with Gasteiger partial charge in [0.2, 0.25) is 0 Å². The summed E-state index contributed by atoms with van der Waals surface area (Å²) in [6.07, 6.45) is 0. The van der Waals surface area contributed by atoms with Crippen molar-refractivity contribution in [1.82, 2.24) is 0 Å².